The lowest BCUT2D eigenvalue weighted by atomic mass is 10.2. The van der Waals surface area contributed by atoms with Crippen LogP contribution < -0.4 is 0 Å². The van der Waals surface area contributed by atoms with Crippen molar-refractivity contribution in [3.63, 3.8) is 0 Å². The molecule has 0 saturated heterocycles. The number of carbonyl (C=O) groups is 1. The average Bonchev–Trinajstić information content (AvgIpc) is 2.29. The van der Waals surface area contributed by atoms with Crippen LogP contribution in [0.15, 0.2) is 24.3 Å². The summed E-state index contributed by atoms with van der Waals surface area (Å²) in [6.45, 7) is 6.64. The number of benzene rings is 1. The Balaban J connectivity index is 0.000000325. The van der Waals surface area contributed by atoms with E-state index in [1.165, 1.54) is 12.1 Å². The highest BCUT2D eigenvalue weighted by atomic mass is 16.4. The molecule has 1 aromatic rings. The van der Waals surface area contributed by atoms with E-state index in [4.69, 9.17) is 10.2 Å². The second-order valence-corrected chi connectivity index (χ2v) is 3.31. The molecule has 4 nitrogen and oxygen atoms in total. The molecule has 0 amide bonds. The van der Waals surface area contributed by atoms with Gasteiger partial charge in [0.15, 0.2) is 0 Å². The first-order chi connectivity index (χ1) is 7.52. The molecule has 0 heterocycles. The van der Waals surface area contributed by atoms with Gasteiger partial charge in [-0.1, -0.05) is 26.0 Å². The van der Waals surface area contributed by atoms with Crippen LogP contribution in [0.3, 0.4) is 0 Å². The van der Waals surface area contributed by atoms with Crippen molar-refractivity contribution < 1.29 is 15.0 Å². The first-order valence-electron chi connectivity index (χ1n) is 5.22. The molecule has 0 atom stereocenters. The maximum Gasteiger partial charge on any atom is 0.339 e. The van der Waals surface area contributed by atoms with E-state index >= 15 is 0 Å². The maximum atomic E-state index is 10.3. The van der Waals surface area contributed by atoms with Crippen molar-refractivity contribution in [3.05, 3.63) is 29.8 Å². The Morgan fingerprint density at radius 3 is 2.00 bits per heavy atom. The Hall–Kier alpha value is -1.55. The minimum absolute atomic E-state index is 0.0671. The largest absolute Gasteiger partial charge is 0.507 e. The Morgan fingerprint density at radius 2 is 1.75 bits per heavy atom. The van der Waals surface area contributed by atoms with Crippen molar-refractivity contribution in [2.45, 2.75) is 13.8 Å². The van der Waals surface area contributed by atoms with Gasteiger partial charge in [0.25, 0.3) is 0 Å². The van der Waals surface area contributed by atoms with Gasteiger partial charge in [0, 0.05) is 0 Å². The van der Waals surface area contributed by atoms with E-state index in [0.29, 0.717) is 0 Å². The fourth-order valence-corrected chi connectivity index (χ4v) is 0.878. The van der Waals surface area contributed by atoms with E-state index in [1.807, 2.05) is 0 Å². The molecule has 0 fully saturated rings. The Bertz CT molecular complexity index is 322. The second-order valence-electron chi connectivity index (χ2n) is 3.31. The Morgan fingerprint density at radius 1 is 1.25 bits per heavy atom. The van der Waals surface area contributed by atoms with Crippen molar-refractivity contribution in [3.8, 4) is 5.75 Å². The van der Waals surface area contributed by atoms with Gasteiger partial charge in [0.1, 0.15) is 11.3 Å². The third-order valence-corrected chi connectivity index (χ3v) is 2.21. The molecular weight excluding hydrogens is 206 g/mol. The number of nitrogens with zero attached hydrogens (tertiary/aromatic N) is 1. The van der Waals surface area contributed by atoms with Gasteiger partial charge < -0.3 is 15.1 Å². The topological polar surface area (TPSA) is 60.8 Å². The number of rotatable bonds is 3. The molecule has 0 unspecified atom stereocenters. The number of carboxylic acids is 1. The van der Waals surface area contributed by atoms with Crippen molar-refractivity contribution in [1.29, 1.82) is 0 Å². The lowest BCUT2D eigenvalue weighted by molar-refractivity contribution is 0.0694. The van der Waals surface area contributed by atoms with Gasteiger partial charge in [0.2, 0.25) is 0 Å². The van der Waals surface area contributed by atoms with Crippen LogP contribution in [0.4, 0.5) is 0 Å². The third-order valence-electron chi connectivity index (χ3n) is 2.21. The van der Waals surface area contributed by atoms with E-state index in [-0.39, 0.29) is 11.3 Å². The molecule has 1 rings (SSSR count). The first kappa shape index (κ1) is 14.5. The lowest BCUT2D eigenvalue weighted by Crippen LogP contribution is -2.15. The molecule has 0 saturated carbocycles. The predicted molar refractivity (Wildman–Crippen MR) is 63.9 cm³/mol. The highest BCUT2D eigenvalue weighted by molar-refractivity contribution is 5.90. The summed E-state index contributed by atoms with van der Waals surface area (Å²) in [5, 5.41) is 17.3. The van der Waals surface area contributed by atoms with E-state index in [2.05, 4.69) is 25.8 Å². The van der Waals surface area contributed by atoms with Crippen molar-refractivity contribution in [2.75, 3.05) is 20.1 Å². The lowest BCUT2D eigenvalue weighted by Gasteiger charge is -2.07. The molecule has 1 aromatic carbocycles. The SMILES string of the molecule is CCN(C)CC.O=C(O)c1ccccc1O. The number of carboxylic acid groups (broad SMARTS) is 1. The molecule has 0 bridgehead atoms. The Labute approximate surface area is 96.1 Å². The molecule has 0 aromatic heterocycles. The zero-order valence-electron chi connectivity index (χ0n) is 9.97. The highest BCUT2D eigenvalue weighted by Crippen LogP contribution is 2.14. The Kier molecular flexibility index (Phi) is 6.96. The minimum atomic E-state index is -1.11. The second kappa shape index (κ2) is 7.70. The molecule has 0 aliphatic carbocycles. The summed E-state index contributed by atoms with van der Waals surface area (Å²) in [5.41, 5.74) is -0.0671. The molecule has 0 aliphatic rings. The molecule has 16 heavy (non-hydrogen) atoms. The van der Waals surface area contributed by atoms with Gasteiger partial charge in [-0.3, -0.25) is 0 Å². The third kappa shape index (κ3) is 5.36. The molecule has 0 radical (unpaired) electrons. The maximum absolute atomic E-state index is 10.3. The number of para-hydroxylation sites is 1. The summed E-state index contributed by atoms with van der Waals surface area (Å²) >= 11 is 0. The minimum Gasteiger partial charge on any atom is -0.507 e. The number of aromatic carboxylic acids is 1. The van der Waals surface area contributed by atoms with Crippen molar-refractivity contribution in [2.24, 2.45) is 0 Å². The number of aromatic hydroxyl groups is 1. The highest BCUT2D eigenvalue weighted by Gasteiger charge is 2.05. The first-order valence-corrected chi connectivity index (χ1v) is 5.22. The predicted octanol–water partition coefficient (Wildman–Crippen LogP) is 2.05. The normalized spacial score (nSPS) is 9.50. The van der Waals surface area contributed by atoms with Gasteiger partial charge in [0.05, 0.1) is 0 Å². The summed E-state index contributed by atoms with van der Waals surface area (Å²) in [6.07, 6.45) is 0. The van der Waals surface area contributed by atoms with Gasteiger partial charge >= 0.3 is 5.97 Å². The number of hydrogen-bond acceptors (Lipinski definition) is 3. The molecule has 0 spiro atoms. The van der Waals surface area contributed by atoms with Crippen LogP contribution >= 0.6 is 0 Å². The summed E-state index contributed by atoms with van der Waals surface area (Å²) in [4.78, 5) is 12.5. The van der Waals surface area contributed by atoms with Gasteiger partial charge in [-0.15, -0.1) is 0 Å². The van der Waals surface area contributed by atoms with E-state index in [1.54, 1.807) is 12.1 Å². The average molecular weight is 225 g/mol. The van der Waals surface area contributed by atoms with Crippen LogP contribution in [-0.2, 0) is 0 Å². The van der Waals surface area contributed by atoms with Crippen LogP contribution in [0.2, 0.25) is 0 Å². The fraction of sp³-hybridized carbons (Fsp3) is 0.417. The number of hydrogen-bond donors (Lipinski definition) is 2. The van der Waals surface area contributed by atoms with Crippen molar-refractivity contribution >= 4 is 5.97 Å². The zero-order valence-corrected chi connectivity index (χ0v) is 9.97. The quantitative estimate of drug-likeness (QED) is 0.826. The molecule has 4 heteroatoms. The standard InChI is InChI=1S/C7H6O3.C5H13N/c8-6-4-2-1-3-5(6)7(9)10;1-4-6(3)5-2/h1-4,8H,(H,9,10);4-5H2,1-3H3. The van der Waals surface area contributed by atoms with Crippen LogP contribution in [0.25, 0.3) is 0 Å². The fourth-order valence-electron chi connectivity index (χ4n) is 0.878. The van der Waals surface area contributed by atoms with Crippen molar-refractivity contribution in [1.82, 2.24) is 4.90 Å². The van der Waals surface area contributed by atoms with Gasteiger partial charge in [-0.05, 0) is 32.3 Å². The van der Waals surface area contributed by atoms with E-state index in [9.17, 15) is 4.79 Å². The number of phenols is 1. The summed E-state index contributed by atoms with van der Waals surface area (Å²) in [7, 11) is 2.11. The van der Waals surface area contributed by atoms with Crippen LogP contribution in [0.5, 0.6) is 5.75 Å². The molecule has 90 valence electrons. The molecular formula is C12H19NO3. The summed E-state index contributed by atoms with van der Waals surface area (Å²) in [6, 6.07) is 5.81. The van der Waals surface area contributed by atoms with E-state index in [0.717, 1.165) is 13.1 Å². The van der Waals surface area contributed by atoms with Gasteiger partial charge in [-0.25, -0.2) is 4.79 Å². The zero-order chi connectivity index (χ0) is 12.6. The summed E-state index contributed by atoms with van der Waals surface area (Å²) < 4.78 is 0. The van der Waals surface area contributed by atoms with Crippen LogP contribution in [0.1, 0.15) is 24.2 Å². The van der Waals surface area contributed by atoms with Crippen LogP contribution in [0, 0.1) is 0 Å². The van der Waals surface area contributed by atoms with Gasteiger partial charge in [-0.2, -0.15) is 0 Å². The summed E-state index contributed by atoms with van der Waals surface area (Å²) in [5.74, 6) is -1.31. The van der Waals surface area contributed by atoms with E-state index < -0.39 is 5.97 Å². The monoisotopic (exact) mass is 225 g/mol. The molecule has 2 N–H and O–H groups in total. The molecule has 0 aliphatic heterocycles. The smallest absolute Gasteiger partial charge is 0.339 e. The van der Waals surface area contributed by atoms with Crippen LogP contribution in [-0.4, -0.2) is 41.2 Å².